The van der Waals surface area contributed by atoms with Crippen LogP contribution in [0, 0.1) is 0 Å². The predicted molar refractivity (Wildman–Crippen MR) is 127 cm³/mol. The average molecular weight is 462 g/mol. The smallest absolute Gasteiger partial charge is 0.258 e. The van der Waals surface area contributed by atoms with Crippen LogP contribution in [0.2, 0.25) is 0 Å². The lowest BCUT2D eigenvalue weighted by Crippen LogP contribution is -2.64. The zero-order valence-electron chi connectivity index (χ0n) is 19.5. The molecule has 1 fully saturated rings. The summed E-state index contributed by atoms with van der Waals surface area (Å²) >= 11 is 0. The number of aromatic nitrogens is 2. The van der Waals surface area contributed by atoms with E-state index < -0.39 is 23.5 Å². The highest BCUT2D eigenvalue weighted by Gasteiger charge is 2.64. The molecule has 3 N–H and O–H groups in total. The molecule has 176 valence electrons. The lowest BCUT2D eigenvalue weighted by molar-refractivity contribution is -0.132. The second-order valence-corrected chi connectivity index (χ2v) is 9.15. The number of carbonyl (C=O) groups excluding carboxylic acids is 2. The van der Waals surface area contributed by atoms with Crippen molar-refractivity contribution in [3.8, 4) is 0 Å². The quantitative estimate of drug-likeness (QED) is 0.546. The van der Waals surface area contributed by atoms with E-state index in [1.54, 1.807) is 47.9 Å². The van der Waals surface area contributed by atoms with Crippen LogP contribution in [0.3, 0.4) is 0 Å². The Morgan fingerprint density at radius 1 is 1.21 bits per heavy atom. The minimum atomic E-state index is -1.41. The fourth-order valence-corrected chi connectivity index (χ4v) is 5.57. The topological polar surface area (TPSA) is 119 Å². The fourth-order valence-electron chi connectivity index (χ4n) is 5.57. The predicted octanol–water partition coefficient (Wildman–Crippen LogP) is 1.91. The van der Waals surface area contributed by atoms with Gasteiger partial charge in [0.25, 0.3) is 5.56 Å². The first-order valence-electron chi connectivity index (χ1n) is 11.3. The van der Waals surface area contributed by atoms with Gasteiger partial charge >= 0.3 is 0 Å². The summed E-state index contributed by atoms with van der Waals surface area (Å²) in [6.07, 6.45) is -0.481. The van der Waals surface area contributed by atoms with Gasteiger partial charge in [0, 0.05) is 12.5 Å². The molecule has 4 atom stereocenters. The Morgan fingerprint density at radius 2 is 1.88 bits per heavy atom. The van der Waals surface area contributed by atoms with E-state index in [0.717, 1.165) is 0 Å². The first kappa shape index (κ1) is 22.2. The van der Waals surface area contributed by atoms with Crippen molar-refractivity contribution in [2.45, 2.75) is 57.6 Å². The zero-order valence-corrected chi connectivity index (χ0v) is 19.5. The molecule has 2 aliphatic rings. The molecule has 2 aliphatic heterocycles. The third-order valence-corrected chi connectivity index (χ3v) is 7.13. The summed E-state index contributed by atoms with van der Waals surface area (Å²) in [6.45, 7) is 6.66. The van der Waals surface area contributed by atoms with Crippen LogP contribution >= 0.6 is 0 Å². The highest BCUT2D eigenvalue weighted by Crippen LogP contribution is 2.53. The van der Waals surface area contributed by atoms with E-state index in [2.05, 4.69) is 15.3 Å². The number of benzene rings is 2. The molecule has 3 aromatic rings. The van der Waals surface area contributed by atoms with Crippen molar-refractivity contribution in [2.24, 2.45) is 0 Å². The van der Waals surface area contributed by atoms with Crippen LogP contribution in [0.25, 0.3) is 10.9 Å². The number of nitrogens with one attached hydrogen (secondary N) is 2. The van der Waals surface area contributed by atoms with Crippen LogP contribution < -0.4 is 15.8 Å². The van der Waals surface area contributed by atoms with Gasteiger partial charge in [-0.05, 0) is 38.5 Å². The number of H-pyrrole nitrogens is 1. The standard InChI is InChI=1S/C25H27N5O4/c1-5-25(34)17-11-7-9-13-19(17)29-21(33)14(2)30(23(25)29)24(4,28-15(3)31)22-26-18-12-8-6-10-16(18)20(32)27-22/h6-14,23,34H,5H2,1-4H3,(H,28,31)(H,26,27,32)/t14-,23+,24+,25-/m0/s1. The molecule has 34 heavy (non-hydrogen) atoms. The van der Waals surface area contributed by atoms with Gasteiger partial charge in [0.2, 0.25) is 11.8 Å². The Kier molecular flexibility index (Phi) is 4.89. The molecule has 0 spiro atoms. The van der Waals surface area contributed by atoms with E-state index in [1.165, 1.54) is 6.92 Å². The van der Waals surface area contributed by atoms with Crippen molar-refractivity contribution in [1.29, 1.82) is 0 Å². The number of hydrogen-bond donors (Lipinski definition) is 3. The van der Waals surface area contributed by atoms with Gasteiger partial charge in [-0.15, -0.1) is 0 Å². The summed E-state index contributed by atoms with van der Waals surface area (Å²) in [7, 11) is 0. The van der Waals surface area contributed by atoms with Crippen LogP contribution in [-0.4, -0.2) is 44.0 Å². The van der Waals surface area contributed by atoms with Crippen molar-refractivity contribution in [1.82, 2.24) is 20.2 Å². The minimum Gasteiger partial charge on any atom is -0.381 e. The second-order valence-electron chi connectivity index (χ2n) is 9.15. The number of aromatic amines is 1. The normalized spacial score (nSPS) is 25.8. The number of rotatable bonds is 4. The molecule has 3 heterocycles. The lowest BCUT2D eigenvalue weighted by atomic mass is 9.88. The van der Waals surface area contributed by atoms with Gasteiger partial charge in [-0.3, -0.25) is 19.3 Å². The second kappa shape index (κ2) is 7.48. The van der Waals surface area contributed by atoms with E-state index in [-0.39, 0.29) is 23.2 Å². The van der Waals surface area contributed by atoms with Gasteiger partial charge < -0.3 is 15.4 Å². The maximum absolute atomic E-state index is 13.6. The summed E-state index contributed by atoms with van der Waals surface area (Å²) in [6, 6.07) is 13.5. The number of anilines is 1. The van der Waals surface area contributed by atoms with Gasteiger partial charge in [-0.2, -0.15) is 0 Å². The number of nitrogens with zero attached hydrogens (tertiary/aromatic N) is 3. The molecule has 0 unspecified atom stereocenters. The van der Waals surface area contributed by atoms with Gasteiger partial charge in [0.05, 0.1) is 22.6 Å². The van der Waals surface area contributed by atoms with Crippen molar-refractivity contribution in [3.63, 3.8) is 0 Å². The molecule has 0 aliphatic carbocycles. The Hall–Kier alpha value is -3.56. The van der Waals surface area contributed by atoms with Crippen LogP contribution in [0.1, 0.15) is 45.5 Å². The zero-order chi connectivity index (χ0) is 24.4. The highest BCUT2D eigenvalue weighted by molar-refractivity contribution is 6.02. The lowest BCUT2D eigenvalue weighted by Gasteiger charge is -2.46. The summed E-state index contributed by atoms with van der Waals surface area (Å²) in [5.41, 5.74) is -1.40. The molecule has 9 heteroatoms. The molecule has 0 saturated carbocycles. The molecule has 9 nitrogen and oxygen atoms in total. The first-order valence-corrected chi connectivity index (χ1v) is 11.3. The van der Waals surface area contributed by atoms with Gasteiger partial charge in [0.15, 0.2) is 11.5 Å². The van der Waals surface area contributed by atoms with E-state index in [0.29, 0.717) is 28.6 Å². The monoisotopic (exact) mass is 461 g/mol. The van der Waals surface area contributed by atoms with Crippen LogP contribution in [-0.2, 0) is 20.9 Å². The Morgan fingerprint density at radius 3 is 2.59 bits per heavy atom. The Bertz CT molecular complexity index is 1390. The van der Waals surface area contributed by atoms with E-state index in [1.807, 2.05) is 31.2 Å². The highest BCUT2D eigenvalue weighted by atomic mass is 16.3. The van der Waals surface area contributed by atoms with Gasteiger partial charge in [0.1, 0.15) is 11.8 Å². The van der Waals surface area contributed by atoms with E-state index in [4.69, 9.17) is 0 Å². The fraction of sp³-hybridized carbons (Fsp3) is 0.360. The van der Waals surface area contributed by atoms with Crippen LogP contribution in [0.5, 0.6) is 0 Å². The first-order chi connectivity index (χ1) is 16.1. The van der Waals surface area contributed by atoms with Crippen molar-refractivity contribution in [2.75, 3.05) is 4.90 Å². The Balaban J connectivity index is 1.76. The molecule has 0 bridgehead atoms. The molecule has 2 amide bonds. The number of fused-ring (bicyclic) bond motifs is 4. The largest absolute Gasteiger partial charge is 0.381 e. The van der Waals surface area contributed by atoms with Gasteiger partial charge in [-0.25, -0.2) is 9.88 Å². The summed E-state index contributed by atoms with van der Waals surface area (Å²) < 4.78 is 0. The summed E-state index contributed by atoms with van der Waals surface area (Å²) in [4.78, 5) is 49.8. The van der Waals surface area contributed by atoms with Crippen LogP contribution in [0.4, 0.5) is 5.69 Å². The maximum atomic E-state index is 13.6. The molecule has 2 aromatic carbocycles. The van der Waals surface area contributed by atoms with Crippen molar-refractivity contribution in [3.05, 3.63) is 70.3 Å². The Labute approximate surface area is 196 Å². The van der Waals surface area contributed by atoms with Crippen molar-refractivity contribution >= 4 is 28.4 Å². The van der Waals surface area contributed by atoms with E-state index in [9.17, 15) is 19.5 Å². The van der Waals surface area contributed by atoms with Gasteiger partial charge in [-0.1, -0.05) is 37.3 Å². The molecule has 1 aromatic heterocycles. The molecule has 1 saturated heterocycles. The molecule has 5 rings (SSSR count). The summed E-state index contributed by atoms with van der Waals surface area (Å²) in [5, 5.41) is 15.3. The van der Waals surface area contributed by atoms with E-state index >= 15 is 0 Å². The molecule has 0 radical (unpaired) electrons. The third-order valence-electron chi connectivity index (χ3n) is 7.13. The SMILES string of the molecule is CC[C@]1(O)c2ccccc2N2C(=O)[C@H](C)N([C@@](C)(NC(C)=O)c3nc4ccccc4c(=O)[nH]3)[C@@H]21. The number of aliphatic hydroxyl groups is 1. The third kappa shape index (κ3) is 2.87. The number of hydrogen-bond acceptors (Lipinski definition) is 6. The maximum Gasteiger partial charge on any atom is 0.258 e. The number of carbonyl (C=O) groups is 2. The van der Waals surface area contributed by atoms with Crippen molar-refractivity contribution < 1.29 is 14.7 Å². The average Bonchev–Trinajstić information content (AvgIpc) is 3.23. The summed E-state index contributed by atoms with van der Waals surface area (Å²) in [5.74, 6) is -0.393. The number of para-hydroxylation sites is 2. The molecular formula is C25H27N5O4. The minimum absolute atomic E-state index is 0.183. The van der Waals surface area contributed by atoms with Crippen LogP contribution in [0.15, 0.2) is 53.3 Å². The molecular weight excluding hydrogens is 434 g/mol. The number of amides is 2.